The van der Waals surface area contributed by atoms with Crippen LogP contribution >= 0.6 is 12.4 Å². The molecule has 10 heteroatoms. The molecule has 1 aliphatic carbocycles. The van der Waals surface area contributed by atoms with Crippen molar-refractivity contribution < 1.29 is 22.7 Å². The average molecular weight is 422 g/mol. The number of amides is 1. The largest absolute Gasteiger partial charge is 0.493 e. The zero-order valence-electron chi connectivity index (χ0n) is 15.6. The molecule has 0 heterocycles. The van der Waals surface area contributed by atoms with Crippen molar-refractivity contribution in [3.05, 3.63) is 18.2 Å². The molecule has 2 atom stereocenters. The maximum atomic E-state index is 12.4. The summed E-state index contributed by atoms with van der Waals surface area (Å²) in [5.74, 6) is 0.895. The van der Waals surface area contributed by atoms with Gasteiger partial charge < -0.3 is 20.5 Å². The van der Waals surface area contributed by atoms with Crippen molar-refractivity contribution in [1.82, 2.24) is 10.0 Å². The van der Waals surface area contributed by atoms with Gasteiger partial charge in [-0.25, -0.2) is 13.1 Å². The lowest BCUT2D eigenvalue weighted by Crippen LogP contribution is -2.41. The van der Waals surface area contributed by atoms with Crippen LogP contribution in [0.1, 0.15) is 25.7 Å². The summed E-state index contributed by atoms with van der Waals surface area (Å²) in [7, 11) is -0.833. The molecular formula is C17H28ClN3O5S. The Morgan fingerprint density at radius 2 is 1.93 bits per heavy atom. The second kappa shape index (κ2) is 10.7. The van der Waals surface area contributed by atoms with Gasteiger partial charge in [0.1, 0.15) is 0 Å². The predicted octanol–water partition coefficient (Wildman–Crippen LogP) is 1.04. The van der Waals surface area contributed by atoms with Crippen LogP contribution in [-0.2, 0) is 14.8 Å². The normalized spacial score (nSPS) is 19.2. The number of nitrogens with two attached hydrogens (primary N) is 1. The highest BCUT2D eigenvalue weighted by atomic mass is 35.5. The van der Waals surface area contributed by atoms with Crippen LogP contribution in [0.4, 0.5) is 0 Å². The Hall–Kier alpha value is -1.55. The van der Waals surface area contributed by atoms with Gasteiger partial charge in [-0.05, 0) is 37.4 Å². The average Bonchev–Trinajstić information content (AvgIpc) is 3.07. The first-order valence-corrected chi connectivity index (χ1v) is 10.1. The fourth-order valence-electron chi connectivity index (χ4n) is 3.15. The highest BCUT2D eigenvalue weighted by Crippen LogP contribution is 2.29. The number of methoxy groups -OCH3 is 2. The van der Waals surface area contributed by atoms with Crippen LogP contribution in [0.25, 0.3) is 0 Å². The van der Waals surface area contributed by atoms with E-state index in [0.717, 1.165) is 19.3 Å². The van der Waals surface area contributed by atoms with E-state index >= 15 is 0 Å². The van der Waals surface area contributed by atoms with Gasteiger partial charge in [-0.15, -0.1) is 12.4 Å². The van der Waals surface area contributed by atoms with Crippen molar-refractivity contribution in [3.63, 3.8) is 0 Å². The first-order valence-electron chi connectivity index (χ1n) is 8.62. The molecule has 0 spiro atoms. The van der Waals surface area contributed by atoms with Gasteiger partial charge in [-0.3, -0.25) is 4.79 Å². The molecule has 4 N–H and O–H groups in total. The topological polar surface area (TPSA) is 120 Å². The number of nitrogens with one attached hydrogen (secondary N) is 2. The van der Waals surface area contributed by atoms with Crippen LogP contribution in [0.2, 0.25) is 0 Å². The lowest BCUT2D eigenvalue weighted by Gasteiger charge is -2.19. The number of hydrogen-bond donors (Lipinski definition) is 3. The molecule has 1 aromatic rings. The summed E-state index contributed by atoms with van der Waals surface area (Å²) in [5.41, 5.74) is 5.70. The number of carbonyl (C=O) groups excluding carboxylic acids is 1. The zero-order valence-corrected chi connectivity index (χ0v) is 17.2. The fraction of sp³-hybridized carbons (Fsp3) is 0.588. The van der Waals surface area contributed by atoms with Gasteiger partial charge in [-0.2, -0.15) is 0 Å². The molecule has 1 amide bonds. The quantitative estimate of drug-likeness (QED) is 0.548. The van der Waals surface area contributed by atoms with Crippen LogP contribution < -0.4 is 25.2 Å². The Morgan fingerprint density at radius 3 is 2.56 bits per heavy atom. The van der Waals surface area contributed by atoms with E-state index in [2.05, 4.69) is 10.0 Å². The van der Waals surface area contributed by atoms with Crippen molar-refractivity contribution >= 4 is 28.3 Å². The minimum atomic E-state index is -3.74. The SMILES string of the molecule is COc1ccc(S(=O)(=O)NCCC(=O)NC2CCCC2CN)cc1OC.Cl. The number of ether oxygens (including phenoxy) is 2. The number of carbonyl (C=O) groups is 1. The van der Waals surface area contributed by atoms with E-state index in [1.54, 1.807) is 0 Å². The summed E-state index contributed by atoms with van der Waals surface area (Å²) in [4.78, 5) is 12.1. The van der Waals surface area contributed by atoms with E-state index in [4.69, 9.17) is 15.2 Å². The van der Waals surface area contributed by atoms with Gasteiger partial charge in [0.25, 0.3) is 0 Å². The first-order chi connectivity index (χ1) is 12.4. The zero-order chi connectivity index (χ0) is 19.2. The molecule has 0 aliphatic heterocycles. The third-order valence-electron chi connectivity index (χ3n) is 4.62. The van der Waals surface area contributed by atoms with Gasteiger partial charge in [0.05, 0.1) is 19.1 Å². The molecule has 8 nitrogen and oxygen atoms in total. The van der Waals surface area contributed by atoms with Gasteiger partial charge in [-0.1, -0.05) is 6.42 Å². The molecule has 0 aromatic heterocycles. The lowest BCUT2D eigenvalue weighted by atomic mass is 10.0. The van der Waals surface area contributed by atoms with Crippen molar-refractivity contribution in [3.8, 4) is 11.5 Å². The van der Waals surface area contributed by atoms with Gasteiger partial charge in [0.15, 0.2) is 11.5 Å². The Labute approximate surface area is 166 Å². The molecule has 0 bridgehead atoms. The molecule has 1 aromatic carbocycles. The summed E-state index contributed by atoms with van der Waals surface area (Å²) in [6, 6.07) is 4.42. The van der Waals surface area contributed by atoms with Gasteiger partial charge in [0, 0.05) is 25.1 Å². The summed E-state index contributed by atoms with van der Waals surface area (Å²) >= 11 is 0. The second-order valence-electron chi connectivity index (χ2n) is 6.27. The number of halogens is 1. The van der Waals surface area contributed by atoms with Crippen LogP contribution in [-0.4, -0.2) is 47.7 Å². The van der Waals surface area contributed by atoms with E-state index in [1.807, 2.05) is 0 Å². The maximum absolute atomic E-state index is 12.4. The van der Waals surface area contributed by atoms with Crippen LogP contribution in [0.15, 0.2) is 23.1 Å². The lowest BCUT2D eigenvalue weighted by molar-refractivity contribution is -0.121. The Balaban J connectivity index is 0.00000364. The maximum Gasteiger partial charge on any atom is 0.240 e. The molecule has 0 saturated heterocycles. The minimum Gasteiger partial charge on any atom is -0.493 e. The highest BCUT2D eigenvalue weighted by Gasteiger charge is 2.27. The second-order valence-corrected chi connectivity index (χ2v) is 8.03. The van der Waals surface area contributed by atoms with Gasteiger partial charge in [0.2, 0.25) is 15.9 Å². The highest BCUT2D eigenvalue weighted by molar-refractivity contribution is 7.89. The smallest absolute Gasteiger partial charge is 0.240 e. The first kappa shape index (κ1) is 23.5. The molecule has 154 valence electrons. The van der Waals surface area contributed by atoms with Crippen LogP contribution in [0.5, 0.6) is 11.5 Å². The molecule has 0 radical (unpaired) electrons. The van der Waals surface area contributed by atoms with Gasteiger partial charge >= 0.3 is 0 Å². The number of sulfonamides is 1. The Kier molecular flexibility index (Phi) is 9.31. The van der Waals surface area contributed by atoms with E-state index in [1.165, 1.54) is 32.4 Å². The van der Waals surface area contributed by atoms with Crippen molar-refractivity contribution in [2.45, 2.75) is 36.6 Å². The van der Waals surface area contributed by atoms with Crippen molar-refractivity contribution in [2.75, 3.05) is 27.3 Å². The summed E-state index contributed by atoms with van der Waals surface area (Å²) < 4.78 is 37.4. The third kappa shape index (κ3) is 6.24. The van der Waals surface area contributed by atoms with E-state index < -0.39 is 10.0 Å². The standard InChI is InChI=1S/C17H27N3O5S.ClH/c1-24-15-7-6-13(10-16(15)25-2)26(22,23)19-9-8-17(21)20-14-5-3-4-12(14)11-18;/h6-7,10,12,14,19H,3-5,8-9,11,18H2,1-2H3,(H,20,21);1H. The molecule has 2 rings (SSSR count). The number of hydrogen-bond acceptors (Lipinski definition) is 6. The summed E-state index contributed by atoms with van der Waals surface area (Å²) in [6.45, 7) is 0.569. The molecule has 1 saturated carbocycles. The van der Waals surface area contributed by atoms with Crippen molar-refractivity contribution in [2.24, 2.45) is 11.7 Å². The Bertz CT molecular complexity index is 729. The summed E-state index contributed by atoms with van der Waals surface area (Å²) in [5, 5.41) is 2.95. The molecular weight excluding hydrogens is 394 g/mol. The van der Waals surface area contributed by atoms with E-state index in [9.17, 15) is 13.2 Å². The summed E-state index contributed by atoms with van der Waals surface area (Å²) in [6.07, 6.45) is 3.07. The molecule has 2 unspecified atom stereocenters. The minimum absolute atomic E-state index is 0. The van der Waals surface area contributed by atoms with Crippen LogP contribution in [0.3, 0.4) is 0 Å². The fourth-order valence-corrected chi connectivity index (χ4v) is 4.20. The third-order valence-corrected chi connectivity index (χ3v) is 6.08. The molecule has 1 fully saturated rings. The monoisotopic (exact) mass is 421 g/mol. The number of benzene rings is 1. The number of rotatable bonds is 9. The molecule has 27 heavy (non-hydrogen) atoms. The predicted molar refractivity (Wildman–Crippen MR) is 105 cm³/mol. The Morgan fingerprint density at radius 1 is 1.22 bits per heavy atom. The van der Waals surface area contributed by atoms with E-state index in [-0.39, 0.29) is 42.2 Å². The van der Waals surface area contributed by atoms with Crippen LogP contribution in [0, 0.1) is 5.92 Å². The molecule has 1 aliphatic rings. The van der Waals surface area contributed by atoms with Crippen molar-refractivity contribution in [1.29, 1.82) is 0 Å². The van der Waals surface area contributed by atoms with E-state index in [0.29, 0.717) is 24.0 Å².